The maximum absolute atomic E-state index is 11.6. The van der Waals surface area contributed by atoms with Crippen molar-refractivity contribution in [2.45, 2.75) is 5.37 Å². The highest BCUT2D eigenvalue weighted by molar-refractivity contribution is 8.03. The van der Waals surface area contributed by atoms with Gasteiger partial charge in [0, 0.05) is 6.20 Å². The predicted octanol–water partition coefficient (Wildman–Crippen LogP) is 2.46. The van der Waals surface area contributed by atoms with E-state index in [2.05, 4.69) is 0 Å². The molecule has 3 rings (SSSR count). The SMILES string of the molecule is O=C1C(=Cc2ccccc2)[C@H]2SC=CN12. The van der Waals surface area contributed by atoms with Crippen LogP contribution >= 0.6 is 11.8 Å². The molecule has 0 N–H and O–H groups in total. The molecule has 0 unspecified atom stereocenters. The molecular weight excluding hydrogens is 206 g/mol. The fraction of sp³-hybridized carbons (Fsp3) is 0.0833. The van der Waals surface area contributed by atoms with Gasteiger partial charge in [0.15, 0.2) is 0 Å². The summed E-state index contributed by atoms with van der Waals surface area (Å²) in [6.07, 6.45) is 3.82. The zero-order valence-electron chi connectivity index (χ0n) is 7.96. The number of hydrogen-bond donors (Lipinski definition) is 0. The molecule has 74 valence electrons. The number of benzene rings is 1. The van der Waals surface area contributed by atoms with E-state index in [0.717, 1.165) is 11.1 Å². The second-order valence-corrected chi connectivity index (χ2v) is 4.49. The average molecular weight is 215 g/mol. The third-order valence-electron chi connectivity index (χ3n) is 2.55. The van der Waals surface area contributed by atoms with Crippen molar-refractivity contribution >= 4 is 23.7 Å². The molecule has 1 aromatic rings. The molecule has 3 heteroatoms. The van der Waals surface area contributed by atoms with Crippen molar-refractivity contribution in [3.8, 4) is 0 Å². The Morgan fingerprint density at radius 2 is 2.07 bits per heavy atom. The Labute approximate surface area is 92.3 Å². The van der Waals surface area contributed by atoms with Crippen LogP contribution < -0.4 is 0 Å². The van der Waals surface area contributed by atoms with E-state index in [1.807, 2.05) is 48.0 Å². The molecule has 1 atom stereocenters. The van der Waals surface area contributed by atoms with E-state index in [1.54, 1.807) is 16.7 Å². The fourth-order valence-corrected chi connectivity index (χ4v) is 2.73. The molecule has 1 aromatic carbocycles. The highest BCUT2D eigenvalue weighted by atomic mass is 32.2. The summed E-state index contributed by atoms with van der Waals surface area (Å²) >= 11 is 1.68. The smallest absolute Gasteiger partial charge is 0.258 e. The van der Waals surface area contributed by atoms with Crippen LogP contribution in [0.2, 0.25) is 0 Å². The molecule has 0 spiro atoms. The first kappa shape index (κ1) is 8.80. The lowest BCUT2D eigenvalue weighted by Gasteiger charge is -2.35. The van der Waals surface area contributed by atoms with Gasteiger partial charge in [-0.05, 0) is 17.0 Å². The van der Waals surface area contributed by atoms with Gasteiger partial charge in [-0.15, -0.1) is 11.8 Å². The molecule has 0 aromatic heterocycles. The van der Waals surface area contributed by atoms with Crippen LogP contribution in [0.1, 0.15) is 5.56 Å². The summed E-state index contributed by atoms with van der Waals surface area (Å²) in [7, 11) is 0. The molecule has 0 aliphatic carbocycles. The summed E-state index contributed by atoms with van der Waals surface area (Å²) in [6, 6.07) is 9.95. The molecule has 0 radical (unpaired) electrons. The number of hydrogen-bond acceptors (Lipinski definition) is 2. The number of fused-ring (bicyclic) bond motifs is 1. The third-order valence-corrected chi connectivity index (χ3v) is 3.57. The fourth-order valence-electron chi connectivity index (χ4n) is 1.77. The Kier molecular flexibility index (Phi) is 1.92. The first-order chi connectivity index (χ1) is 7.36. The van der Waals surface area contributed by atoms with E-state index in [1.165, 1.54) is 0 Å². The lowest BCUT2D eigenvalue weighted by molar-refractivity contribution is -0.130. The number of β-lactam (4-membered cyclic amide) rings is 1. The van der Waals surface area contributed by atoms with Crippen LogP contribution in [0.5, 0.6) is 0 Å². The average Bonchev–Trinajstić information content (AvgIpc) is 2.72. The Bertz CT molecular complexity index is 464. The largest absolute Gasteiger partial charge is 0.298 e. The van der Waals surface area contributed by atoms with Gasteiger partial charge in [0.2, 0.25) is 0 Å². The molecule has 2 nitrogen and oxygen atoms in total. The zero-order valence-corrected chi connectivity index (χ0v) is 8.78. The van der Waals surface area contributed by atoms with E-state index in [9.17, 15) is 4.79 Å². The van der Waals surface area contributed by atoms with E-state index in [0.29, 0.717) is 0 Å². The number of nitrogens with zero attached hydrogens (tertiary/aromatic N) is 1. The Morgan fingerprint density at radius 1 is 1.27 bits per heavy atom. The van der Waals surface area contributed by atoms with E-state index >= 15 is 0 Å². The topological polar surface area (TPSA) is 20.3 Å². The summed E-state index contributed by atoms with van der Waals surface area (Å²) in [4.78, 5) is 13.4. The van der Waals surface area contributed by atoms with Gasteiger partial charge in [0.1, 0.15) is 5.37 Å². The highest BCUT2D eigenvalue weighted by Gasteiger charge is 2.43. The second-order valence-electron chi connectivity index (χ2n) is 3.50. The molecule has 0 saturated carbocycles. The molecule has 2 aliphatic heterocycles. The predicted molar refractivity (Wildman–Crippen MR) is 61.8 cm³/mol. The summed E-state index contributed by atoms with van der Waals surface area (Å²) in [5.74, 6) is 0.130. The van der Waals surface area contributed by atoms with Crippen LogP contribution in [0.3, 0.4) is 0 Å². The van der Waals surface area contributed by atoms with Crippen LogP contribution in [0, 0.1) is 0 Å². The Balaban J connectivity index is 1.91. The van der Waals surface area contributed by atoms with Crippen LogP contribution in [-0.4, -0.2) is 16.2 Å². The van der Waals surface area contributed by atoms with Crippen molar-refractivity contribution in [1.29, 1.82) is 0 Å². The molecule has 15 heavy (non-hydrogen) atoms. The lowest BCUT2D eigenvalue weighted by atomic mass is 10.0. The summed E-state index contributed by atoms with van der Waals surface area (Å²) in [5.41, 5.74) is 1.99. The normalized spacial score (nSPS) is 25.6. The minimum Gasteiger partial charge on any atom is -0.298 e. The highest BCUT2D eigenvalue weighted by Crippen LogP contribution is 2.41. The second kappa shape index (κ2) is 3.28. The summed E-state index contributed by atoms with van der Waals surface area (Å²) in [6.45, 7) is 0. The van der Waals surface area contributed by atoms with Crippen LogP contribution in [-0.2, 0) is 4.79 Å². The number of rotatable bonds is 1. The van der Waals surface area contributed by atoms with Gasteiger partial charge in [0.25, 0.3) is 5.91 Å². The maximum Gasteiger partial charge on any atom is 0.258 e. The van der Waals surface area contributed by atoms with E-state index < -0.39 is 0 Å². The summed E-state index contributed by atoms with van der Waals surface area (Å²) in [5, 5.41) is 2.19. The maximum atomic E-state index is 11.6. The van der Waals surface area contributed by atoms with Gasteiger partial charge in [-0.2, -0.15) is 0 Å². The van der Waals surface area contributed by atoms with Crippen molar-refractivity contribution in [3.05, 3.63) is 53.1 Å². The zero-order chi connectivity index (χ0) is 10.3. The molecule has 1 fully saturated rings. The number of thioether (sulfide) groups is 1. The molecule has 2 aliphatic rings. The Morgan fingerprint density at radius 3 is 2.87 bits per heavy atom. The van der Waals surface area contributed by atoms with Crippen molar-refractivity contribution in [3.63, 3.8) is 0 Å². The molecule has 1 saturated heterocycles. The van der Waals surface area contributed by atoms with Gasteiger partial charge in [-0.3, -0.25) is 9.69 Å². The quantitative estimate of drug-likeness (QED) is 0.530. The van der Waals surface area contributed by atoms with Crippen LogP contribution in [0.4, 0.5) is 0 Å². The molecule has 2 heterocycles. The van der Waals surface area contributed by atoms with Crippen LogP contribution in [0.15, 0.2) is 47.5 Å². The molecule has 1 amide bonds. The van der Waals surface area contributed by atoms with Gasteiger partial charge in [-0.1, -0.05) is 30.3 Å². The van der Waals surface area contributed by atoms with Crippen LogP contribution in [0.25, 0.3) is 6.08 Å². The lowest BCUT2D eigenvalue weighted by Crippen LogP contribution is -2.47. The van der Waals surface area contributed by atoms with Gasteiger partial charge >= 0.3 is 0 Å². The Hall–Kier alpha value is -1.48. The molecule has 0 bridgehead atoms. The first-order valence-electron chi connectivity index (χ1n) is 4.78. The van der Waals surface area contributed by atoms with Crippen molar-refractivity contribution in [2.24, 2.45) is 0 Å². The molecular formula is C12H9NOS. The first-order valence-corrected chi connectivity index (χ1v) is 5.72. The van der Waals surface area contributed by atoms with Gasteiger partial charge in [0.05, 0.1) is 5.57 Å². The van der Waals surface area contributed by atoms with Gasteiger partial charge < -0.3 is 0 Å². The number of amides is 1. The van der Waals surface area contributed by atoms with Crippen molar-refractivity contribution in [2.75, 3.05) is 0 Å². The van der Waals surface area contributed by atoms with Crippen molar-refractivity contribution < 1.29 is 4.79 Å². The van der Waals surface area contributed by atoms with E-state index in [-0.39, 0.29) is 11.3 Å². The minimum atomic E-state index is 0.130. The number of carbonyl (C=O) groups excluding carboxylic acids is 1. The monoisotopic (exact) mass is 215 g/mol. The third kappa shape index (κ3) is 1.31. The van der Waals surface area contributed by atoms with Crippen molar-refractivity contribution in [1.82, 2.24) is 4.90 Å². The van der Waals surface area contributed by atoms with Gasteiger partial charge in [-0.25, -0.2) is 0 Å². The summed E-state index contributed by atoms with van der Waals surface area (Å²) < 4.78 is 0. The van der Waals surface area contributed by atoms with E-state index in [4.69, 9.17) is 0 Å². The standard InChI is InChI=1S/C12H9NOS/c14-11-10(12-13(11)6-7-15-12)8-9-4-2-1-3-5-9/h1-8,12H/t12-/m1/s1. The number of carbonyl (C=O) groups is 1. The minimum absolute atomic E-state index is 0.130.